The number of hydrogen-bond acceptors (Lipinski definition) is 1. The zero-order chi connectivity index (χ0) is 12.3. The molecule has 1 saturated heterocycles. The van der Waals surface area contributed by atoms with E-state index in [1.807, 2.05) is 0 Å². The lowest BCUT2D eigenvalue weighted by atomic mass is 9.98. The first kappa shape index (κ1) is 13.4. The van der Waals surface area contributed by atoms with E-state index in [-0.39, 0.29) is 0 Å². The number of carbonyl (C=O) groups excluding carboxylic acids is 1. The van der Waals surface area contributed by atoms with Gasteiger partial charge in [0.15, 0.2) is 0 Å². The largest absolute Gasteiger partial charge is 0.342 e. The van der Waals surface area contributed by atoms with Gasteiger partial charge in [0.2, 0.25) is 5.91 Å². The van der Waals surface area contributed by atoms with Crippen LogP contribution in [0.15, 0.2) is 0 Å². The van der Waals surface area contributed by atoms with E-state index in [0.717, 1.165) is 38.3 Å². The molecular formula is C14H24BrNO. The van der Waals surface area contributed by atoms with E-state index in [2.05, 4.69) is 27.8 Å². The number of carbonyl (C=O) groups is 1. The van der Waals surface area contributed by atoms with Gasteiger partial charge in [-0.15, -0.1) is 0 Å². The van der Waals surface area contributed by atoms with Crippen molar-refractivity contribution in [3.8, 4) is 0 Å². The van der Waals surface area contributed by atoms with Crippen molar-refractivity contribution in [1.29, 1.82) is 0 Å². The third-order valence-electron chi connectivity index (χ3n) is 4.39. The molecule has 17 heavy (non-hydrogen) atoms. The van der Waals surface area contributed by atoms with E-state index in [4.69, 9.17) is 0 Å². The second kappa shape index (κ2) is 6.21. The number of alkyl halides is 1. The molecule has 2 atom stereocenters. The van der Waals surface area contributed by atoms with Crippen LogP contribution >= 0.6 is 15.9 Å². The van der Waals surface area contributed by atoms with Gasteiger partial charge < -0.3 is 4.90 Å². The van der Waals surface area contributed by atoms with Crippen LogP contribution in [0.3, 0.4) is 0 Å². The van der Waals surface area contributed by atoms with Gasteiger partial charge in [-0.2, -0.15) is 0 Å². The molecule has 1 aliphatic heterocycles. The van der Waals surface area contributed by atoms with Gasteiger partial charge in [-0.1, -0.05) is 48.5 Å². The zero-order valence-electron chi connectivity index (χ0n) is 10.8. The maximum absolute atomic E-state index is 12.1. The minimum atomic E-state index is 0.392. The fourth-order valence-electron chi connectivity index (χ4n) is 3.13. The molecule has 0 aromatic rings. The summed E-state index contributed by atoms with van der Waals surface area (Å²) in [5.74, 6) is 1.83. The highest BCUT2D eigenvalue weighted by Gasteiger charge is 2.27. The van der Waals surface area contributed by atoms with E-state index in [1.165, 1.54) is 25.7 Å². The van der Waals surface area contributed by atoms with Gasteiger partial charge in [0.1, 0.15) is 0 Å². The number of nitrogens with zero attached hydrogens (tertiary/aromatic N) is 1. The SMILES string of the molecule is CC1CN(C(=O)CCC2CCCC2)CCC1Br. The van der Waals surface area contributed by atoms with Crippen LogP contribution in [0.25, 0.3) is 0 Å². The molecule has 1 saturated carbocycles. The fourth-order valence-corrected chi connectivity index (χ4v) is 3.50. The number of likely N-dealkylation sites (tertiary alicyclic amines) is 1. The highest BCUT2D eigenvalue weighted by Crippen LogP contribution is 2.29. The lowest BCUT2D eigenvalue weighted by Crippen LogP contribution is -2.43. The predicted octanol–water partition coefficient (Wildman–Crippen LogP) is 3.59. The maximum Gasteiger partial charge on any atom is 0.222 e. The summed E-state index contributed by atoms with van der Waals surface area (Å²) in [6, 6.07) is 0. The molecule has 3 heteroatoms. The fraction of sp³-hybridized carbons (Fsp3) is 0.929. The summed E-state index contributed by atoms with van der Waals surface area (Å²) in [7, 11) is 0. The minimum Gasteiger partial charge on any atom is -0.342 e. The Bertz CT molecular complexity index is 263. The quantitative estimate of drug-likeness (QED) is 0.730. The summed E-state index contributed by atoms with van der Waals surface area (Å²) < 4.78 is 0. The number of piperidine rings is 1. The second-order valence-corrected chi connectivity index (χ2v) is 6.99. The van der Waals surface area contributed by atoms with E-state index < -0.39 is 0 Å². The van der Waals surface area contributed by atoms with Crippen LogP contribution in [0.2, 0.25) is 0 Å². The molecule has 0 radical (unpaired) electrons. The number of rotatable bonds is 3. The minimum absolute atomic E-state index is 0.392. The van der Waals surface area contributed by atoms with Crippen LogP contribution < -0.4 is 0 Å². The van der Waals surface area contributed by atoms with Crippen molar-refractivity contribution in [2.45, 2.75) is 56.7 Å². The Kier molecular flexibility index (Phi) is 4.89. The Morgan fingerprint density at radius 1 is 1.29 bits per heavy atom. The number of halogens is 1. The molecule has 98 valence electrons. The van der Waals surface area contributed by atoms with Gasteiger partial charge in [-0.3, -0.25) is 4.79 Å². The van der Waals surface area contributed by atoms with Crippen molar-refractivity contribution in [1.82, 2.24) is 4.90 Å². The zero-order valence-corrected chi connectivity index (χ0v) is 12.4. The van der Waals surface area contributed by atoms with Crippen molar-refractivity contribution in [2.24, 2.45) is 11.8 Å². The van der Waals surface area contributed by atoms with Crippen LogP contribution in [0.1, 0.15) is 51.9 Å². The third-order valence-corrected chi connectivity index (χ3v) is 5.75. The molecule has 0 N–H and O–H groups in total. The van der Waals surface area contributed by atoms with Gasteiger partial charge >= 0.3 is 0 Å². The van der Waals surface area contributed by atoms with E-state index in [0.29, 0.717) is 16.7 Å². The molecule has 2 nitrogen and oxygen atoms in total. The van der Waals surface area contributed by atoms with Crippen LogP contribution in [0.5, 0.6) is 0 Å². The third kappa shape index (κ3) is 3.70. The standard InChI is InChI=1S/C14H24BrNO/c1-11-10-16(9-8-13(11)15)14(17)7-6-12-4-2-3-5-12/h11-13H,2-10H2,1H3. The van der Waals surface area contributed by atoms with Gasteiger partial charge in [-0.25, -0.2) is 0 Å². The summed E-state index contributed by atoms with van der Waals surface area (Å²) in [5.41, 5.74) is 0. The molecule has 2 aliphatic rings. The molecule has 2 rings (SSSR count). The summed E-state index contributed by atoms with van der Waals surface area (Å²) in [4.78, 5) is 14.8. The molecule has 0 bridgehead atoms. The molecule has 0 aromatic heterocycles. The van der Waals surface area contributed by atoms with Gasteiger partial charge in [-0.05, 0) is 24.7 Å². The van der Waals surface area contributed by atoms with Gasteiger partial charge in [0, 0.05) is 24.3 Å². The monoisotopic (exact) mass is 301 g/mol. The van der Waals surface area contributed by atoms with Crippen molar-refractivity contribution in [2.75, 3.05) is 13.1 Å². The highest BCUT2D eigenvalue weighted by molar-refractivity contribution is 9.09. The first-order chi connectivity index (χ1) is 8.16. The Morgan fingerprint density at radius 2 is 2.00 bits per heavy atom. The average molecular weight is 302 g/mol. The van der Waals surface area contributed by atoms with Gasteiger partial charge in [0.05, 0.1) is 0 Å². The van der Waals surface area contributed by atoms with Crippen molar-refractivity contribution in [3.05, 3.63) is 0 Å². The van der Waals surface area contributed by atoms with Crippen molar-refractivity contribution < 1.29 is 4.79 Å². The summed E-state index contributed by atoms with van der Waals surface area (Å²) in [5, 5.41) is 0. The molecule has 1 heterocycles. The Morgan fingerprint density at radius 3 is 2.65 bits per heavy atom. The maximum atomic E-state index is 12.1. The van der Waals surface area contributed by atoms with Crippen LogP contribution in [-0.2, 0) is 4.79 Å². The predicted molar refractivity (Wildman–Crippen MR) is 74.3 cm³/mol. The van der Waals surface area contributed by atoms with E-state index >= 15 is 0 Å². The molecule has 2 fully saturated rings. The van der Waals surface area contributed by atoms with E-state index in [1.54, 1.807) is 0 Å². The molecular weight excluding hydrogens is 278 g/mol. The summed E-state index contributed by atoms with van der Waals surface area (Å²) >= 11 is 3.69. The van der Waals surface area contributed by atoms with Crippen molar-refractivity contribution >= 4 is 21.8 Å². The molecule has 0 aromatic carbocycles. The Labute approximate surface area is 113 Å². The smallest absolute Gasteiger partial charge is 0.222 e. The first-order valence-corrected chi connectivity index (χ1v) is 8.00. The van der Waals surface area contributed by atoms with Crippen LogP contribution in [-0.4, -0.2) is 28.7 Å². The second-order valence-electron chi connectivity index (χ2n) is 5.81. The molecule has 1 aliphatic carbocycles. The van der Waals surface area contributed by atoms with Crippen LogP contribution in [0.4, 0.5) is 0 Å². The highest BCUT2D eigenvalue weighted by atomic mass is 79.9. The topological polar surface area (TPSA) is 20.3 Å². The Hall–Kier alpha value is -0.0500. The Balaban J connectivity index is 1.72. The van der Waals surface area contributed by atoms with E-state index in [9.17, 15) is 4.79 Å². The molecule has 2 unspecified atom stereocenters. The lowest BCUT2D eigenvalue weighted by molar-refractivity contribution is -0.133. The van der Waals surface area contributed by atoms with Gasteiger partial charge in [0.25, 0.3) is 0 Å². The first-order valence-electron chi connectivity index (χ1n) is 7.08. The summed E-state index contributed by atoms with van der Waals surface area (Å²) in [6.07, 6.45) is 8.48. The lowest BCUT2D eigenvalue weighted by Gasteiger charge is -2.34. The number of amides is 1. The normalized spacial score (nSPS) is 30.8. The summed E-state index contributed by atoms with van der Waals surface area (Å²) in [6.45, 7) is 4.12. The average Bonchev–Trinajstić information content (AvgIpc) is 2.82. The van der Waals surface area contributed by atoms with Crippen molar-refractivity contribution in [3.63, 3.8) is 0 Å². The van der Waals surface area contributed by atoms with Crippen LogP contribution in [0, 0.1) is 11.8 Å². The molecule has 0 spiro atoms. The molecule has 1 amide bonds. The number of hydrogen-bond donors (Lipinski definition) is 0.